The van der Waals surface area contributed by atoms with Gasteiger partial charge < -0.3 is 4.90 Å². The second-order valence-electron chi connectivity index (χ2n) is 7.44. The molecule has 2 aliphatic carbocycles. The van der Waals surface area contributed by atoms with Gasteiger partial charge in [0, 0.05) is 6.54 Å². The summed E-state index contributed by atoms with van der Waals surface area (Å²) in [4.78, 5) is 14.7. The summed E-state index contributed by atoms with van der Waals surface area (Å²) in [6, 6.07) is 0. The van der Waals surface area contributed by atoms with Crippen molar-refractivity contribution in [1.29, 1.82) is 0 Å². The predicted molar refractivity (Wildman–Crippen MR) is 81.2 cm³/mol. The second kappa shape index (κ2) is 5.67. The molecule has 0 aromatic carbocycles. The second-order valence-corrected chi connectivity index (χ2v) is 7.44. The Bertz CT molecular complexity index is 356. The summed E-state index contributed by atoms with van der Waals surface area (Å²) in [5.41, 5.74) is -0.124. The van der Waals surface area contributed by atoms with E-state index in [4.69, 9.17) is 0 Å². The highest BCUT2D eigenvalue weighted by atomic mass is 16.2. The Hall–Kier alpha value is -0.570. The molecule has 20 heavy (non-hydrogen) atoms. The number of hydrogen-bond donors (Lipinski definition) is 1. The van der Waals surface area contributed by atoms with E-state index in [-0.39, 0.29) is 5.54 Å². The van der Waals surface area contributed by atoms with Crippen LogP contribution in [0.2, 0.25) is 0 Å². The maximum Gasteiger partial charge on any atom is 0.244 e. The molecule has 0 aromatic rings. The molecule has 114 valence electrons. The summed E-state index contributed by atoms with van der Waals surface area (Å²) >= 11 is 0. The molecule has 3 aliphatic rings. The molecule has 1 amide bonds. The smallest absolute Gasteiger partial charge is 0.244 e. The number of carbonyl (C=O) groups is 1. The predicted octanol–water partition coefficient (Wildman–Crippen LogP) is 3.29. The van der Waals surface area contributed by atoms with Gasteiger partial charge in [-0.15, -0.1) is 0 Å². The van der Waals surface area contributed by atoms with E-state index >= 15 is 0 Å². The van der Waals surface area contributed by atoms with Crippen LogP contribution in [0.25, 0.3) is 0 Å². The van der Waals surface area contributed by atoms with Crippen molar-refractivity contribution < 1.29 is 4.79 Å². The minimum absolute atomic E-state index is 0.124. The molecule has 0 bridgehead atoms. The number of hydrogen-bond acceptors (Lipinski definition) is 2. The monoisotopic (exact) mass is 278 g/mol. The van der Waals surface area contributed by atoms with Crippen LogP contribution in [0.3, 0.4) is 0 Å². The minimum Gasteiger partial charge on any atom is -0.326 e. The molecule has 2 saturated carbocycles. The Morgan fingerprint density at radius 3 is 2.50 bits per heavy atom. The van der Waals surface area contributed by atoms with E-state index in [1.165, 1.54) is 32.1 Å². The Morgan fingerprint density at radius 2 is 1.90 bits per heavy atom. The van der Waals surface area contributed by atoms with Gasteiger partial charge in [-0.1, -0.05) is 46.0 Å². The van der Waals surface area contributed by atoms with Gasteiger partial charge in [0.2, 0.25) is 5.91 Å². The third-order valence-electron chi connectivity index (χ3n) is 5.72. The molecular weight excluding hydrogens is 248 g/mol. The zero-order chi connectivity index (χ0) is 14.2. The first kappa shape index (κ1) is 14.4. The molecule has 1 atom stereocenters. The van der Waals surface area contributed by atoms with Crippen LogP contribution in [0, 0.1) is 11.8 Å². The molecule has 3 fully saturated rings. The molecule has 3 rings (SSSR count). The zero-order valence-electron chi connectivity index (χ0n) is 13.2. The molecule has 1 unspecified atom stereocenters. The van der Waals surface area contributed by atoms with Gasteiger partial charge in [0.15, 0.2) is 0 Å². The van der Waals surface area contributed by atoms with Gasteiger partial charge in [-0.25, -0.2) is 0 Å². The summed E-state index contributed by atoms with van der Waals surface area (Å²) < 4.78 is 0. The number of rotatable bonds is 5. The maximum atomic E-state index is 12.6. The molecule has 0 aromatic heterocycles. The molecule has 1 N–H and O–H groups in total. The van der Waals surface area contributed by atoms with Crippen LogP contribution < -0.4 is 5.32 Å². The SMILES string of the molecule is CCCC1NC2(CC2)C(=O)N1CCC1CCC(C)CC1. The quantitative estimate of drug-likeness (QED) is 0.837. The Labute approximate surface area is 123 Å². The molecule has 0 radical (unpaired) electrons. The van der Waals surface area contributed by atoms with Crippen LogP contribution in [-0.2, 0) is 4.79 Å². The van der Waals surface area contributed by atoms with E-state index in [0.717, 1.165) is 44.1 Å². The average molecular weight is 278 g/mol. The molecule has 1 heterocycles. The molecule has 1 saturated heterocycles. The minimum atomic E-state index is -0.124. The van der Waals surface area contributed by atoms with Gasteiger partial charge in [0.25, 0.3) is 0 Å². The largest absolute Gasteiger partial charge is 0.326 e. The van der Waals surface area contributed by atoms with Gasteiger partial charge in [-0.3, -0.25) is 10.1 Å². The van der Waals surface area contributed by atoms with Crippen LogP contribution >= 0.6 is 0 Å². The lowest BCUT2D eigenvalue weighted by molar-refractivity contribution is -0.131. The fraction of sp³-hybridized carbons (Fsp3) is 0.941. The van der Waals surface area contributed by atoms with E-state index in [2.05, 4.69) is 24.1 Å². The van der Waals surface area contributed by atoms with Crippen molar-refractivity contribution >= 4 is 5.91 Å². The maximum absolute atomic E-state index is 12.6. The lowest BCUT2D eigenvalue weighted by Gasteiger charge is -2.29. The summed E-state index contributed by atoms with van der Waals surface area (Å²) in [6.07, 6.45) is 11.4. The van der Waals surface area contributed by atoms with Crippen molar-refractivity contribution in [2.45, 2.75) is 83.3 Å². The van der Waals surface area contributed by atoms with Crippen LogP contribution in [0.5, 0.6) is 0 Å². The highest BCUT2D eigenvalue weighted by molar-refractivity contribution is 5.91. The van der Waals surface area contributed by atoms with Crippen LogP contribution in [0.15, 0.2) is 0 Å². The van der Waals surface area contributed by atoms with E-state index in [1.807, 2.05) is 0 Å². The van der Waals surface area contributed by atoms with Crippen molar-refractivity contribution in [3.8, 4) is 0 Å². The number of nitrogens with one attached hydrogen (secondary N) is 1. The van der Waals surface area contributed by atoms with E-state index in [1.54, 1.807) is 0 Å². The topological polar surface area (TPSA) is 32.3 Å². The van der Waals surface area contributed by atoms with Gasteiger partial charge >= 0.3 is 0 Å². The highest BCUT2D eigenvalue weighted by Gasteiger charge is 2.58. The third-order valence-corrected chi connectivity index (χ3v) is 5.72. The lowest BCUT2D eigenvalue weighted by Crippen LogP contribution is -2.38. The highest BCUT2D eigenvalue weighted by Crippen LogP contribution is 2.43. The van der Waals surface area contributed by atoms with Crippen molar-refractivity contribution in [3.63, 3.8) is 0 Å². The van der Waals surface area contributed by atoms with E-state index in [0.29, 0.717) is 12.1 Å². The van der Waals surface area contributed by atoms with Crippen LogP contribution in [0.1, 0.15) is 71.6 Å². The van der Waals surface area contributed by atoms with Gasteiger partial charge in [-0.2, -0.15) is 0 Å². The normalized spacial score (nSPS) is 35.8. The standard InChI is InChI=1S/C17H30N2O/c1-3-4-15-18-17(10-11-17)16(20)19(15)12-9-14-7-5-13(2)6-8-14/h13-15,18H,3-12H2,1-2H3. The van der Waals surface area contributed by atoms with E-state index < -0.39 is 0 Å². The Kier molecular flexibility index (Phi) is 4.07. The summed E-state index contributed by atoms with van der Waals surface area (Å²) in [5.74, 6) is 2.18. The summed E-state index contributed by atoms with van der Waals surface area (Å²) in [5, 5.41) is 3.61. The lowest BCUT2D eigenvalue weighted by atomic mass is 9.81. The first-order valence-electron chi connectivity index (χ1n) is 8.73. The van der Waals surface area contributed by atoms with Gasteiger partial charge in [0.05, 0.1) is 11.7 Å². The van der Waals surface area contributed by atoms with E-state index in [9.17, 15) is 4.79 Å². The van der Waals surface area contributed by atoms with Crippen molar-refractivity contribution in [1.82, 2.24) is 10.2 Å². The molecule has 3 heteroatoms. The number of carbonyl (C=O) groups excluding carboxylic acids is 1. The molecule has 1 aliphatic heterocycles. The fourth-order valence-electron chi connectivity index (χ4n) is 4.06. The van der Waals surface area contributed by atoms with Gasteiger partial charge in [-0.05, 0) is 37.5 Å². The summed E-state index contributed by atoms with van der Waals surface area (Å²) in [6.45, 7) is 5.57. The van der Waals surface area contributed by atoms with Crippen LogP contribution in [0.4, 0.5) is 0 Å². The first-order chi connectivity index (χ1) is 9.64. The summed E-state index contributed by atoms with van der Waals surface area (Å²) in [7, 11) is 0. The number of nitrogens with zero attached hydrogens (tertiary/aromatic N) is 1. The fourth-order valence-corrected chi connectivity index (χ4v) is 4.06. The number of amides is 1. The molecule has 1 spiro atoms. The molecule has 3 nitrogen and oxygen atoms in total. The molecular formula is C17H30N2O. The van der Waals surface area contributed by atoms with Gasteiger partial charge in [0.1, 0.15) is 0 Å². The Morgan fingerprint density at radius 1 is 1.20 bits per heavy atom. The Balaban J connectivity index is 1.53. The van der Waals surface area contributed by atoms with Crippen molar-refractivity contribution in [2.24, 2.45) is 11.8 Å². The third kappa shape index (κ3) is 2.74. The van der Waals surface area contributed by atoms with Crippen molar-refractivity contribution in [3.05, 3.63) is 0 Å². The van der Waals surface area contributed by atoms with Crippen LogP contribution in [-0.4, -0.2) is 29.1 Å². The first-order valence-corrected chi connectivity index (χ1v) is 8.73. The average Bonchev–Trinajstić information content (AvgIpc) is 3.16. The van der Waals surface area contributed by atoms with Crippen molar-refractivity contribution in [2.75, 3.05) is 6.54 Å². The zero-order valence-corrected chi connectivity index (χ0v) is 13.2.